The third-order valence-corrected chi connectivity index (χ3v) is 6.85. The molecule has 1 unspecified atom stereocenters. The summed E-state index contributed by atoms with van der Waals surface area (Å²) in [5.41, 5.74) is 0.0267. The lowest BCUT2D eigenvalue weighted by molar-refractivity contribution is -0.141. The molecule has 3 aliphatic heterocycles. The second-order valence-electron chi connectivity index (χ2n) is 10.2. The molecule has 5 heterocycles. The number of aromatic nitrogens is 4. The molecular formula is C26H26F3N7O4. The molecule has 2 saturated heterocycles. The van der Waals surface area contributed by atoms with Gasteiger partial charge in [-0.1, -0.05) is 12.1 Å². The van der Waals surface area contributed by atoms with Gasteiger partial charge in [-0.05, 0) is 38.5 Å². The van der Waals surface area contributed by atoms with Gasteiger partial charge in [0.25, 0.3) is 0 Å². The number of nitrogens with zero attached hydrogens (tertiary/aromatic N) is 6. The lowest BCUT2D eigenvalue weighted by atomic mass is 10.1. The Morgan fingerprint density at radius 2 is 2.08 bits per heavy atom. The van der Waals surface area contributed by atoms with Crippen molar-refractivity contribution < 1.29 is 32.2 Å². The first-order valence-corrected chi connectivity index (χ1v) is 12.7. The fourth-order valence-corrected chi connectivity index (χ4v) is 5.01. The van der Waals surface area contributed by atoms with Crippen LogP contribution in [-0.2, 0) is 15.7 Å². The van der Waals surface area contributed by atoms with Crippen molar-refractivity contribution in [3.63, 3.8) is 0 Å². The number of rotatable bonds is 5. The molecule has 0 radical (unpaired) electrons. The first-order valence-electron chi connectivity index (χ1n) is 12.7. The average Bonchev–Trinajstić information content (AvgIpc) is 3.50. The van der Waals surface area contributed by atoms with Crippen molar-refractivity contribution in [2.75, 3.05) is 41.4 Å². The molecule has 11 nitrogen and oxygen atoms in total. The number of hydrogen-bond donors (Lipinski definition) is 1. The fraction of sp³-hybridized carbons (Fsp3) is 0.423. The van der Waals surface area contributed by atoms with Gasteiger partial charge in [0.15, 0.2) is 17.4 Å². The Kier molecular flexibility index (Phi) is 6.45. The number of urea groups is 1. The van der Waals surface area contributed by atoms with Crippen LogP contribution in [0.1, 0.15) is 25.8 Å². The second kappa shape index (κ2) is 9.86. The minimum Gasteiger partial charge on any atom is -0.461 e. The number of hydrogen-bond acceptors (Lipinski definition) is 9. The monoisotopic (exact) mass is 557 g/mol. The summed E-state index contributed by atoms with van der Waals surface area (Å²) in [6, 6.07) is 5.72. The zero-order valence-electron chi connectivity index (χ0n) is 21.7. The zero-order chi connectivity index (χ0) is 28.1. The van der Waals surface area contributed by atoms with Crippen molar-refractivity contribution in [1.82, 2.24) is 19.9 Å². The van der Waals surface area contributed by atoms with Crippen LogP contribution in [0.5, 0.6) is 6.01 Å². The highest BCUT2D eigenvalue weighted by atomic mass is 19.4. The van der Waals surface area contributed by atoms with E-state index in [1.54, 1.807) is 6.20 Å². The number of fused-ring (bicyclic) bond motifs is 4. The highest BCUT2D eigenvalue weighted by Gasteiger charge is 2.41. The van der Waals surface area contributed by atoms with Gasteiger partial charge in [0, 0.05) is 24.8 Å². The van der Waals surface area contributed by atoms with Crippen LogP contribution in [0.3, 0.4) is 0 Å². The molecule has 14 heteroatoms. The summed E-state index contributed by atoms with van der Waals surface area (Å²) in [6.45, 7) is 5.46. The van der Waals surface area contributed by atoms with Crippen LogP contribution < -0.4 is 19.9 Å². The standard InChI is InChI=1S/C26H26F3N7O4/c1-25(2)39-14-18(40-25)13-38-23-30-8-6-20(32-23)33-24(37)36-17-7-9-35(12-17)19-11-31-21(34-22(19)36)15-4-3-5-16(10-15)26(27,28)29/h3-6,8,10-11,17-18H,7,9,12-14H2,1-2H3,(H,30,32,33,37)/t17?,18-/m0/s1. The van der Waals surface area contributed by atoms with Crippen molar-refractivity contribution >= 4 is 23.4 Å². The van der Waals surface area contributed by atoms with Crippen molar-refractivity contribution in [3.05, 3.63) is 48.3 Å². The summed E-state index contributed by atoms with van der Waals surface area (Å²) in [6.07, 6.45) is -1.08. The molecule has 2 aromatic heterocycles. The summed E-state index contributed by atoms with van der Waals surface area (Å²) in [4.78, 5) is 34.4. The number of halogens is 3. The minimum absolute atomic E-state index is 0.0614. The van der Waals surface area contributed by atoms with Gasteiger partial charge in [-0.25, -0.2) is 19.7 Å². The van der Waals surface area contributed by atoms with Crippen LogP contribution in [-0.4, -0.2) is 70.2 Å². The Bertz CT molecular complexity index is 1440. The Morgan fingerprint density at radius 1 is 1.23 bits per heavy atom. The number of nitrogens with one attached hydrogen (secondary N) is 1. The largest absolute Gasteiger partial charge is 0.461 e. The zero-order valence-corrected chi connectivity index (χ0v) is 21.7. The van der Waals surface area contributed by atoms with E-state index in [4.69, 9.17) is 14.2 Å². The molecule has 2 bridgehead atoms. The second-order valence-corrected chi connectivity index (χ2v) is 10.2. The van der Waals surface area contributed by atoms with Gasteiger partial charge in [-0.2, -0.15) is 18.2 Å². The molecule has 2 fully saturated rings. The highest BCUT2D eigenvalue weighted by Crippen LogP contribution is 2.40. The maximum absolute atomic E-state index is 13.6. The minimum atomic E-state index is -4.50. The normalized spacial score (nSPS) is 21.3. The van der Waals surface area contributed by atoms with Crippen molar-refractivity contribution in [3.8, 4) is 17.4 Å². The highest BCUT2D eigenvalue weighted by molar-refractivity contribution is 6.04. The van der Waals surface area contributed by atoms with E-state index in [0.717, 1.165) is 12.1 Å². The molecule has 2 amide bonds. The molecular weight excluding hydrogens is 531 g/mol. The molecule has 0 saturated carbocycles. The predicted octanol–water partition coefficient (Wildman–Crippen LogP) is 4.11. The van der Waals surface area contributed by atoms with E-state index in [9.17, 15) is 18.0 Å². The quantitative estimate of drug-likeness (QED) is 0.495. The Balaban J connectivity index is 1.22. The van der Waals surface area contributed by atoms with Crippen LogP contribution >= 0.6 is 0 Å². The fourth-order valence-electron chi connectivity index (χ4n) is 5.01. The number of amides is 2. The SMILES string of the molecule is CC1(C)OC[C@H](COc2nccc(NC(=O)N3c4nc(-c5cccc(C(F)(F)F)c5)ncc4N4CCC3C4)n2)O1. The average molecular weight is 558 g/mol. The van der Waals surface area contributed by atoms with Crippen LogP contribution in [0.4, 0.5) is 35.3 Å². The van der Waals surface area contributed by atoms with Gasteiger partial charge in [-0.15, -0.1) is 0 Å². The first-order chi connectivity index (χ1) is 19.1. The van der Waals surface area contributed by atoms with Gasteiger partial charge in [0.1, 0.15) is 18.5 Å². The molecule has 3 aromatic rings. The smallest absolute Gasteiger partial charge is 0.416 e. The van der Waals surface area contributed by atoms with Gasteiger partial charge in [0.2, 0.25) is 0 Å². The Morgan fingerprint density at radius 3 is 2.85 bits per heavy atom. The van der Waals surface area contributed by atoms with Gasteiger partial charge in [-0.3, -0.25) is 10.2 Å². The van der Waals surface area contributed by atoms with Crippen LogP contribution in [0.15, 0.2) is 42.7 Å². The molecule has 1 aromatic carbocycles. The molecule has 210 valence electrons. The summed E-state index contributed by atoms with van der Waals surface area (Å²) in [5.74, 6) is -0.0621. The first kappa shape index (κ1) is 26.2. The lowest BCUT2D eigenvalue weighted by Crippen LogP contribution is -2.48. The predicted molar refractivity (Wildman–Crippen MR) is 137 cm³/mol. The third-order valence-electron chi connectivity index (χ3n) is 6.85. The third kappa shape index (κ3) is 5.23. The Labute approximate surface area is 227 Å². The summed E-state index contributed by atoms with van der Waals surface area (Å²) >= 11 is 0. The van der Waals surface area contributed by atoms with E-state index < -0.39 is 23.6 Å². The van der Waals surface area contributed by atoms with Crippen molar-refractivity contribution in [2.24, 2.45) is 0 Å². The van der Waals surface area contributed by atoms with E-state index in [0.29, 0.717) is 37.6 Å². The molecule has 3 aliphatic rings. The van der Waals surface area contributed by atoms with Gasteiger partial charge in [0.05, 0.1) is 30.1 Å². The maximum Gasteiger partial charge on any atom is 0.416 e. The van der Waals surface area contributed by atoms with E-state index in [1.165, 1.54) is 29.3 Å². The van der Waals surface area contributed by atoms with Crippen LogP contribution in [0, 0.1) is 0 Å². The number of anilines is 3. The number of carbonyl (C=O) groups excluding carboxylic acids is 1. The van der Waals surface area contributed by atoms with Crippen LogP contribution in [0.2, 0.25) is 0 Å². The summed E-state index contributed by atoms with van der Waals surface area (Å²) in [5, 5.41) is 2.78. The number of carbonyl (C=O) groups is 1. The van der Waals surface area contributed by atoms with E-state index in [1.807, 2.05) is 13.8 Å². The number of ether oxygens (including phenoxy) is 3. The summed E-state index contributed by atoms with van der Waals surface area (Å²) < 4.78 is 56.8. The van der Waals surface area contributed by atoms with E-state index in [2.05, 4.69) is 30.2 Å². The molecule has 6 rings (SSSR count). The summed E-state index contributed by atoms with van der Waals surface area (Å²) in [7, 11) is 0. The van der Waals surface area contributed by atoms with Gasteiger partial charge >= 0.3 is 18.2 Å². The number of benzene rings is 1. The topological polar surface area (TPSA) is 115 Å². The Hall–Kier alpha value is -4.04. The van der Waals surface area contributed by atoms with E-state index >= 15 is 0 Å². The van der Waals surface area contributed by atoms with Gasteiger partial charge < -0.3 is 19.1 Å². The molecule has 2 atom stereocenters. The van der Waals surface area contributed by atoms with E-state index in [-0.39, 0.29) is 42.0 Å². The maximum atomic E-state index is 13.6. The van der Waals surface area contributed by atoms with Crippen molar-refractivity contribution in [1.29, 1.82) is 0 Å². The molecule has 1 N–H and O–H groups in total. The lowest BCUT2D eigenvalue weighted by Gasteiger charge is -2.35. The number of alkyl halides is 3. The van der Waals surface area contributed by atoms with Crippen LogP contribution in [0.25, 0.3) is 11.4 Å². The van der Waals surface area contributed by atoms with Crippen molar-refractivity contribution in [2.45, 2.75) is 44.4 Å². The molecule has 40 heavy (non-hydrogen) atoms. The molecule has 0 aliphatic carbocycles. The molecule has 0 spiro atoms.